The fraction of sp³-hybridized carbons (Fsp3) is 0.867. The molecule has 0 aromatic carbocycles. The molecule has 0 heterocycles. The SMILES string of the molecule is CCC/C=C\C/C=C\CCCCCCCC(=O)OC(COC(=O)CCCCCCCCCCCCCCCCC)COP(=O)(O)OCC(O)COP(=O)(O)OCC(COC(=O)CCCCCCCCCCCCCCCCC)OC(=O)CCCCCCC/C=C\CCCC. The van der Waals surface area contributed by atoms with Gasteiger partial charge in [0.1, 0.15) is 19.3 Å². The Balaban J connectivity index is 5.27. The largest absolute Gasteiger partial charge is 0.472 e. The average Bonchev–Trinajstić information content (AvgIpc) is 1.22. The van der Waals surface area contributed by atoms with Gasteiger partial charge in [-0.15, -0.1) is 0 Å². The van der Waals surface area contributed by atoms with Crippen molar-refractivity contribution in [1.82, 2.24) is 0 Å². The Morgan fingerprint density at radius 3 is 0.872 bits per heavy atom. The summed E-state index contributed by atoms with van der Waals surface area (Å²) in [6.07, 6.45) is 62.8. The molecule has 0 amide bonds. The Hall–Kier alpha value is -2.72. The number of allylic oxidation sites excluding steroid dienone is 6. The van der Waals surface area contributed by atoms with Crippen LogP contribution in [0.15, 0.2) is 36.5 Å². The fourth-order valence-corrected chi connectivity index (χ4v) is 12.3. The zero-order chi connectivity index (χ0) is 69.0. The molecule has 0 aliphatic heterocycles. The lowest BCUT2D eigenvalue weighted by Gasteiger charge is -2.21. The van der Waals surface area contributed by atoms with E-state index in [0.717, 1.165) is 128 Å². The maximum Gasteiger partial charge on any atom is 0.472 e. The average molecular weight is 1380 g/mol. The van der Waals surface area contributed by atoms with Crippen LogP contribution < -0.4 is 0 Å². The number of phosphoric acid groups is 2. The molecule has 0 spiro atoms. The first-order valence-electron chi connectivity index (χ1n) is 38.2. The molecule has 3 N–H and O–H groups in total. The van der Waals surface area contributed by atoms with E-state index in [2.05, 4.69) is 64.2 Å². The van der Waals surface area contributed by atoms with Gasteiger partial charge in [0.2, 0.25) is 0 Å². The van der Waals surface area contributed by atoms with E-state index >= 15 is 0 Å². The molecule has 0 fully saturated rings. The van der Waals surface area contributed by atoms with E-state index in [1.807, 2.05) is 0 Å². The summed E-state index contributed by atoms with van der Waals surface area (Å²) >= 11 is 0. The maximum absolute atomic E-state index is 13.1. The van der Waals surface area contributed by atoms with Crippen molar-refractivity contribution in [3.8, 4) is 0 Å². The quantitative estimate of drug-likeness (QED) is 0.0169. The standard InChI is InChI=1S/C75H140O17P2/c1-5-9-13-17-21-25-29-32-34-37-40-43-47-51-55-59-72(77)85-65-70(91-74(79)61-57-53-49-45-39-28-24-20-16-12-8-4)67-89-93(81,82)87-63-69(76)64-88-94(83,84)90-68-71(92-75(80)62-58-54-50-46-42-36-31-27-23-19-15-11-7-3)66-86-73(78)60-56-52-48-44-41-38-35-33-30-26-22-18-14-10-6-2/h15,19-20,24,27,31,69-71,76H,5-14,16-18,21-23,25-26,28-30,32-68H2,1-4H3,(H,81,82)(H,83,84)/b19-15-,24-20-,31-27-. The summed E-state index contributed by atoms with van der Waals surface area (Å²) in [7, 11) is -9.92. The molecular formula is C75H140O17P2. The van der Waals surface area contributed by atoms with E-state index in [9.17, 15) is 43.2 Å². The second-order valence-electron chi connectivity index (χ2n) is 26.0. The van der Waals surface area contributed by atoms with E-state index in [0.29, 0.717) is 25.7 Å². The molecule has 0 aliphatic rings. The van der Waals surface area contributed by atoms with Gasteiger partial charge >= 0.3 is 39.5 Å². The van der Waals surface area contributed by atoms with Crippen LogP contribution in [-0.2, 0) is 65.4 Å². The van der Waals surface area contributed by atoms with Crippen LogP contribution in [0.1, 0.15) is 362 Å². The first-order valence-corrected chi connectivity index (χ1v) is 41.2. The van der Waals surface area contributed by atoms with E-state index in [1.165, 1.54) is 154 Å². The number of carbonyl (C=O) groups is 4. The number of unbranched alkanes of at least 4 members (excludes halogenated alkanes) is 41. The third-order valence-electron chi connectivity index (χ3n) is 16.6. The molecule has 0 radical (unpaired) electrons. The molecule has 94 heavy (non-hydrogen) atoms. The molecule has 0 bridgehead atoms. The van der Waals surface area contributed by atoms with Crippen molar-refractivity contribution in [3.63, 3.8) is 0 Å². The van der Waals surface area contributed by atoms with Gasteiger partial charge in [-0.25, -0.2) is 9.13 Å². The number of ether oxygens (including phenoxy) is 4. The maximum atomic E-state index is 13.1. The van der Waals surface area contributed by atoms with Crippen LogP contribution >= 0.6 is 15.6 Å². The summed E-state index contributed by atoms with van der Waals surface area (Å²) in [5.74, 6) is -2.16. The van der Waals surface area contributed by atoms with Crippen molar-refractivity contribution in [3.05, 3.63) is 36.5 Å². The van der Waals surface area contributed by atoms with Gasteiger partial charge in [0.05, 0.1) is 26.4 Å². The summed E-state index contributed by atoms with van der Waals surface area (Å²) in [5, 5.41) is 10.6. The van der Waals surface area contributed by atoms with Crippen molar-refractivity contribution in [2.75, 3.05) is 39.6 Å². The number of rotatable bonds is 73. The normalized spacial score (nSPS) is 14.2. The van der Waals surface area contributed by atoms with Crippen molar-refractivity contribution in [2.45, 2.75) is 380 Å². The van der Waals surface area contributed by atoms with Gasteiger partial charge in [-0.2, -0.15) is 0 Å². The zero-order valence-electron chi connectivity index (χ0n) is 60.2. The van der Waals surface area contributed by atoms with Crippen molar-refractivity contribution >= 4 is 39.5 Å². The van der Waals surface area contributed by atoms with Gasteiger partial charge in [-0.05, 0) is 70.6 Å². The predicted molar refractivity (Wildman–Crippen MR) is 381 cm³/mol. The minimum atomic E-state index is -4.96. The van der Waals surface area contributed by atoms with Crippen LogP contribution in [0.4, 0.5) is 0 Å². The molecule has 0 aromatic heterocycles. The molecule has 0 rings (SSSR count). The summed E-state index contributed by atoms with van der Waals surface area (Å²) in [6, 6.07) is 0. The molecule has 5 atom stereocenters. The lowest BCUT2D eigenvalue weighted by molar-refractivity contribution is -0.161. The Morgan fingerprint density at radius 1 is 0.298 bits per heavy atom. The van der Waals surface area contributed by atoms with Crippen molar-refractivity contribution in [1.29, 1.82) is 0 Å². The molecule has 0 saturated carbocycles. The van der Waals surface area contributed by atoms with Crippen LogP contribution in [-0.4, -0.2) is 96.7 Å². The molecule has 552 valence electrons. The van der Waals surface area contributed by atoms with Gasteiger partial charge in [0.25, 0.3) is 0 Å². The lowest BCUT2D eigenvalue weighted by atomic mass is 10.0. The number of hydrogen-bond acceptors (Lipinski definition) is 15. The summed E-state index contributed by atoms with van der Waals surface area (Å²) in [4.78, 5) is 72.7. The van der Waals surface area contributed by atoms with Gasteiger partial charge in [0, 0.05) is 25.7 Å². The highest BCUT2D eigenvalue weighted by Crippen LogP contribution is 2.45. The molecule has 0 saturated heterocycles. The highest BCUT2D eigenvalue weighted by Gasteiger charge is 2.30. The van der Waals surface area contributed by atoms with E-state index in [-0.39, 0.29) is 25.7 Å². The van der Waals surface area contributed by atoms with E-state index in [4.69, 9.17) is 37.0 Å². The van der Waals surface area contributed by atoms with Gasteiger partial charge in [-0.3, -0.25) is 37.3 Å². The highest BCUT2D eigenvalue weighted by atomic mass is 31.2. The van der Waals surface area contributed by atoms with Gasteiger partial charge in [-0.1, -0.05) is 302 Å². The minimum absolute atomic E-state index is 0.0857. The first-order chi connectivity index (χ1) is 45.7. The molecule has 5 unspecified atom stereocenters. The fourth-order valence-electron chi connectivity index (χ4n) is 10.7. The van der Waals surface area contributed by atoms with Gasteiger partial charge in [0.15, 0.2) is 12.2 Å². The van der Waals surface area contributed by atoms with Crippen LogP contribution in [0, 0.1) is 0 Å². The van der Waals surface area contributed by atoms with Crippen LogP contribution in [0.2, 0.25) is 0 Å². The van der Waals surface area contributed by atoms with E-state index < -0.39 is 97.5 Å². The number of carbonyl (C=O) groups excluding carboxylic acids is 4. The molecule has 17 nitrogen and oxygen atoms in total. The molecular weight excluding hydrogens is 1230 g/mol. The Labute approximate surface area is 573 Å². The first kappa shape index (κ1) is 91.3. The van der Waals surface area contributed by atoms with Crippen LogP contribution in [0.5, 0.6) is 0 Å². The summed E-state index contributed by atoms with van der Waals surface area (Å²) in [5.41, 5.74) is 0. The minimum Gasteiger partial charge on any atom is -0.462 e. The molecule has 0 aliphatic carbocycles. The lowest BCUT2D eigenvalue weighted by Crippen LogP contribution is -2.30. The van der Waals surface area contributed by atoms with Crippen LogP contribution in [0.3, 0.4) is 0 Å². The smallest absolute Gasteiger partial charge is 0.462 e. The second kappa shape index (κ2) is 68.8. The topological polar surface area (TPSA) is 237 Å². The number of phosphoric ester groups is 2. The van der Waals surface area contributed by atoms with Gasteiger partial charge < -0.3 is 33.8 Å². The van der Waals surface area contributed by atoms with Crippen molar-refractivity contribution < 1.29 is 80.2 Å². The number of aliphatic hydroxyl groups is 1. The summed E-state index contributed by atoms with van der Waals surface area (Å²) in [6.45, 7) is 4.82. The van der Waals surface area contributed by atoms with Crippen molar-refractivity contribution in [2.24, 2.45) is 0 Å². The highest BCUT2D eigenvalue weighted by molar-refractivity contribution is 7.47. The molecule has 0 aromatic rings. The Bertz CT molecular complexity index is 1930. The summed E-state index contributed by atoms with van der Waals surface area (Å²) < 4.78 is 68.4. The Morgan fingerprint density at radius 2 is 0.553 bits per heavy atom. The second-order valence-corrected chi connectivity index (χ2v) is 28.9. The van der Waals surface area contributed by atoms with E-state index in [1.54, 1.807) is 0 Å². The third kappa shape index (κ3) is 67.8. The number of aliphatic hydroxyl groups excluding tert-OH is 1. The molecule has 19 heteroatoms. The van der Waals surface area contributed by atoms with Crippen LogP contribution in [0.25, 0.3) is 0 Å². The third-order valence-corrected chi connectivity index (χ3v) is 18.5. The predicted octanol–water partition coefficient (Wildman–Crippen LogP) is 21.6. The number of hydrogen-bond donors (Lipinski definition) is 3. The Kier molecular flexibility index (Phi) is 66.8. The monoisotopic (exact) mass is 1370 g/mol. The zero-order valence-corrected chi connectivity index (χ0v) is 61.9. The number of esters is 4.